The minimum absolute atomic E-state index is 0.170. The number of hydrazone groups is 1. The van der Waals surface area contributed by atoms with Crippen LogP contribution < -0.4 is 25.0 Å². The number of carbonyl (C=O) groups excluding carboxylic acids is 2. The summed E-state index contributed by atoms with van der Waals surface area (Å²) in [5.74, 6) is 0.787. The summed E-state index contributed by atoms with van der Waals surface area (Å²) in [6.45, 7) is 4.14. The molecule has 176 valence electrons. The minimum atomic E-state index is -0.409. The molecule has 8 nitrogen and oxygen atoms in total. The van der Waals surface area contributed by atoms with Gasteiger partial charge >= 0.3 is 0 Å². The van der Waals surface area contributed by atoms with Crippen LogP contribution in [0.4, 0.5) is 5.69 Å². The summed E-state index contributed by atoms with van der Waals surface area (Å²) in [7, 11) is 1.51. The average Bonchev–Trinajstić information content (AvgIpc) is 2.83. The number of rotatable bonds is 10. The van der Waals surface area contributed by atoms with Crippen molar-refractivity contribution in [1.82, 2.24) is 5.43 Å². The Morgan fingerprint density at radius 1 is 0.941 bits per heavy atom. The number of benzene rings is 3. The first-order valence-corrected chi connectivity index (χ1v) is 10.7. The van der Waals surface area contributed by atoms with Gasteiger partial charge in [-0.05, 0) is 61.9 Å². The Balaban J connectivity index is 1.59. The Hall–Kier alpha value is -4.33. The fourth-order valence-corrected chi connectivity index (χ4v) is 3.09. The summed E-state index contributed by atoms with van der Waals surface area (Å²) in [6.07, 6.45) is 1.46. The number of methoxy groups -OCH3 is 1. The summed E-state index contributed by atoms with van der Waals surface area (Å²) < 4.78 is 16.4. The van der Waals surface area contributed by atoms with E-state index in [0.717, 1.165) is 5.56 Å². The molecule has 0 aliphatic rings. The fraction of sp³-hybridized carbons (Fsp3) is 0.192. The van der Waals surface area contributed by atoms with Crippen LogP contribution in [-0.4, -0.2) is 38.4 Å². The zero-order chi connectivity index (χ0) is 24.3. The molecule has 0 heterocycles. The molecule has 0 saturated carbocycles. The standard InChI is InChI=1S/C26H27N3O5/c1-4-33-23-13-12-19(15-24(23)32-3)26(31)29-27-16-20-9-5-6-11-22(20)34-17-25(30)28-21-10-7-8-18(2)14-21/h5-16H,4,17H2,1-3H3,(H,28,30)(H,29,31)/b27-16+. The molecule has 2 amide bonds. The van der Waals surface area contributed by atoms with Gasteiger partial charge in [0.15, 0.2) is 18.1 Å². The third-order valence-electron chi connectivity index (χ3n) is 4.67. The summed E-state index contributed by atoms with van der Waals surface area (Å²) >= 11 is 0. The van der Waals surface area contributed by atoms with E-state index in [0.29, 0.717) is 40.7 Å². The van der Waals surface area contributed by atoms with Crippen molar-refractivity contribution in [2.24, 2.45) is 5.10 Å². The third-order valence-corrected chi connectivity index (χ3v) is 4.67. The number of nitrogens with zero attached hydrogens (tertiary/aromatic N) is 1. The first kappa shape index (κ1) is 24.3. The maximum atomic E-state index is 12.5. The van der Waals surface area contributed by atoms with E-state index < -0.39 is 5.91 Å². The van der Waals surface area contributed by atoms with Gasteiger partial charge in [0.1, 0.15) is 5.75 Å². The first-order valence-electron chi connectivity index (χ1n) is 10.7. The SMILES string of the molecule is CCOc1ccc(C(=O)N/N=C/c2ccccc2OCC(=O)Nc2cccc(C)c2)cc1OC. The highest BCUT2D eigenvalue weighted by molar-refractivity contribution is 5.96. The van der Waals surface area contributed by atoms with Crippen LogP contribution in [0.5, 0.6) is 17.2 Å². The van der Waals surface area contributed by atoms with Crippen LogP contribution in [0.2, 0.25) is 0 Å². The number of amides is 2. The lowest BCUT2D eigenvalue weighted by atomic mass is 10.2. The number of hydrogen-bond acceptors (Lipinski definition) is 6. The summed E-state index contributed by atoms with van der Waals surface area (Å²) in [6, 6.07) is 19.5. The molecule has 0 unspecified atom stereocenters. The zero-order valence-corrected chi connectivity index (χ0v) is 19.3. The predicted molar refractivity (Wildman–Crippen MR) is 131 cm³/mol. The molecule has 0 bridgehead atoms. The van der Waals surface area contributed by atoms with Gasteiger partial charge in [0, 0.05) is 16.8 Å². The molecule has 2 N–H and O–H groups in total. The van der Waals surface area contributed by atoms with Crippen LogP contribution in [0.15, 0.2) is 71.8 Å². The maximum Gasteiger partial charge on any atom is 0.271 e. The van der Waals surface area contributed by atoms with E-state index in [4.69, 9.17) is 14.2 Å². The topological polar surface area (TPSA) is 98.3 Å². The van der Waals surface area contributed by atoms with Crippen molar-refractivity contribution in [2.45, 2.75) is 13.8 Å². The highest BCUT2D eigenvalue weighted by Crippen LogP contribution is 2.28. The van der Waals surface area contributed by atoms with Gasteiger partial charge in [-0.3, -0.25) is 9.59 Å². The van der Waals surface area contributed by atoms with Crippen LogP contribution in [0.25, 0.3) is 0 Å². The number of para-hydroxylation sites is 1. The predicted octanol–water partition coefficient (Wildman–Crippen LogP) is 4.18. The van der Waals surface area contributed by atoms with Crippen LogP contribution in [-0.2, 0) is 4.79 Å². The highest BCUT2D eigenvalue weighted by atomic mass is 16.5. The van der Waals surface area contributed by atoms with Crippen molar-refractivity contribution in [2.75, 3.05) is 25.6 Å². The number of hydrogen-bond donors (Lipinski definition) is 2. The molecule has 3 aromatic carbocycles. The maximum absolute atomic E-state index is 12.5. The number of ether oxygens (including phenoxy) is 3. The highest BCUT2D eigenvalue weighted by Gasteiger charge is 2.11. The number of carbonyl (C=O) groups is 2. The number of aryl methyl sites for hydroxylation is 1. The van der Waals surface area contributed by atoms with Crippen molar-refractivity contribution in [1.29, 1.82) is 0 Å². The molecule has 0 saturated heterocycles. The molecule has 0 fully saturated rings. The Kier molecular flexibility index (Phi) is 8.62. The van der Waals surface area contributed by atoms with Crippen molar-refractivity contribution >= 4 is 23.7 Å². The largest absolute Gasteiger partial charge is 0.493 e. The summed E-state index contributed by atoms with van der Waals surface area (Å²) in [5.41, 5.74) is 5.21. The third kappa shape index (κ3) is 6.83. The van der Waals surface area contributed by atoms with Crippen LogP contribution in [0, 0.1) is 6.92 Å². The Morgan fingerprint density at radius 2 is 1.76 bits per heavy atom. The Morgan fingerprint density at radius 3 is 2.53 bits per heavy atom. The fourth-order valence-electron chi connectivity index (χ4n) is 3.09. The van der Waals surface area contributed by atoms with Crippen molar-refractivity contribution in [3.05, 3.63) is 83.4 Å². The van der Waals surface area contributed by atoms with Gasteiger partial charge in [-0.1, -0.05) is 24.3 Å². The van der Waals surface area contributed by atoms with E-state index in [1.54, 1.807) is 42.5 Å². The van der Waals surface area contributed by atoms with E-state index in [1.807, 2.05) is 38.1 Å². The molecule has 0 aliphatic heterocycles. The van der Waals surface area contributed by atoms with Gasteiger partial charge in [-0.15, -0.1) is 0 Å². The molecule has 3 aromatic rings. The molecule has 8 heteroatoms. The molecule has 0 aliphatic carbocycles. The lowest BCUT2D eigenvalue weighted by Gasteiger charge is -2.10. The summed E-state index contributed by atoms with van der Waals surface area (Å²) in [5, 5.41) is 6.82. The van der Waals surface area contributed by atoms with E-state index in [2.05, 4.69) is 15.8 Å². The Bertz CT molecular complexity index is 1180. The lowest BCUT2D eigenvalue weighted by molar-refractivity contribution is -0.118. The van der Waals surface area contributed by atoms with Crippen molar-refractivity contribution < 1.29 is 23.8 Å². The average molecular weight is 462 g/mol. The van der Waals surface area contributed by atoms with Gasteiger partial charge in [-0.2, -0.15) is 5.10 Å². The minimum Gasteiger partial charge on any atom is -0.493 e. The lowest BCUT2D eigenvalue weighted by Crippen LogP contribution is -2.20. The normalized spacial score (nSPS) is 10.6. The monoisotopic (exact) mass is 461 g/mol. The molecule has 0 radical (unpaired) electrons. The second-order valence-electron chi connectivity index (χ2n) is 7.24. The van der Waals surface area contributed by atoms with Crippen molar-refractivity contribution in [3.8, 4) is 17.2 Å². The van der Waals surface area contributed by atoms with Gasteiger partial charge in [0.05, 0.1) is 19.9 Å². The number of anilines is 1. The zero-order valence-electron chi connectivity index (χ0n) is 19.3. The molecule has 0 atom stereocenters. The van der Waals surface area contributed by atoms with E-state index in [1.165, 1.54) is 13.3 Å². The van der Waals surface area contributed by atoms with Crippen LogP contribution in [0.3, 0.4) is 0 Å². The molecular weight excluding hydrogens is 434 g/mol. The van der Waals surface area contributed by atoms with Gasteiger partial charge in [-0.25, -0.2) is 5.43 Å². The summed E-state index contributed by atoms with van der Waals surface area (Å²) in [4.78, 5) is 24.7. The van der Waals surface area contributed by atoms with E-state index in [-0.39, 0.29) is 12.5 Å². The van der Waals surface area contributed by atoms with Crippen LogP contribution >= 0.6 is 0 Å². The first-order chi connectivity index (χ1) is 16.5. The van der Waals surface area contributed by atoms with Crippen LogP contribution in [0.1, 0.15) is 28.4 Å². The van der Waals surface area contributed by atoms with Gasteiger partial charge in [0.25, 0.3) is 11.8 Å². The van der Waals surface area contributed by atoms with E-state index >= 15 is 0 Å². The van der Waals surface area contributed by atoms with Gasteiger partial charge < -0.3 is 19.5 Å². The molecule has 3 rings (SSSR count). The quantitative estimate of drug-likeness (QED) is 0.349. The van der Waals surface area contributed by atoms with Gasteiger partial charge in [0.2, 0.25) is 0 Å². The number of nitrogens with one attached hydrogen (secondary N) is 2. The second-order valence-corrected chi connectivity index (χ2v) is 7.24. The molecule has 0 aromatic heterocycles. The van der Waals surface area contributed by atoms with E-state index in [9.17, 15) is 9.59 Å². The molecule has 34 heavy (non-hydrogen) atoms. The van der Waals surface area contributed by atoms with Crippen molar-refractivity contribution in [3.63, 3.8) is 0 Å². The Labute approximate surface area is 198 Å². The molecular formula is C26H27N3O5. The molecule has 0 spiro atoms. The second kappa shape index (κ2) is 12.1. The smallest absolute Gasteiger partial charge is 0.271 e.